The zero-order valence-electron chi connectivity index (χ0n) is 8.42. The topological polar surface area (TPSA) is 103 Å². The maximum Gasteiger partial charge on any atom is 0.235 e. The number of hydrogen-bond donors (Lipinski definition) is 2. The Kier molecular flexibility index (Phi) is 3.28. The molecule has 0 bridgehead atoms. The van der Waals surface area contributed by atoms with E-state index in [0.717, 1.165) is 0 Å². The van der Waals surface area contributed by atoms with Crippen LogP contribution in [0.1, 0.15) is 5.82 Å². The first-order valence-electron chi connectivity index (χ1n) is 4.53. The summed E-state index contributed by atoms with van der Waals surface area (Å²) in [5.74, 6) is 0.133. The Balaban J connectivity index is 2.14. The van der Waals surface area contributed by atoms with E-state index >= 15 is 0 Å². The third-order valence-electron chi connectivity index (χ3n) is 1.80. The molecule has 0 spiro atoms. The number of rotatable bonds is 3. The van der Waals surface area contributed by atoms with Gasteiger partial charge in [0.2, 0.25) is 11.5 Å². The van der Waals surface area contributed by atoms with Crippen molar-refractivity contribution in [1.29, 1.82) is 5.26 Å². The molecular formula is C9H6ClN7. The van der Waals surface area contributed by atoms with E-state index in [1.54, 1.807) is 24.3 Å². The Hall–Kier alpha value is -2.46. The number of hydrogen-bond acceptors (Lipinski definition) is 6. The van der Waals surface area contributed by atoms with Crippen molar-refractivity contribution in [3.05, 3.63) is 35.1 Å². The summed E-state index contributed by atoms with van der Waals surface area (Å²) >= 11 is 5.73. The molecule has 17 heavy (non-hydrogen) atoms. The third-order valence-corrected chi connectivity index (χ3v) is 2.06. The summed E-state index contributed by atoms with van der Waals surface area (Å²) in [4.78, 5) is 0. The summed E-state index contributed by atoms with van der Waals surface area (Å²) in [6, 6.07) is 8.75. The number of nitriles is 1. The molecule has 0 aliphatic heterocycles. The fraction of sp³-hybridized carbons (Fsp3) is 0. The van der Waals surface area contributed by atoms with Crippen molar-refractivity contribution >= 4 is 23.0 Å². The minimum absolute atomic E-state index is 0.0358. The molecule has 0 amide bonds. The van der Waals surface area contributed by atoms with Crippen molar-refractivity contribution in [2.45, 2.75) is 0 Å². The molecule has 1 heterocycles. The number of anilines is 1. The van der Waals surface area contributed by atoms with Gasteiger partial charge in [0.25, 0.3) is 0 Å². The van der Waals surface area contributed by atoms with E-state index in [2.05, 4.69) is 31.2 Å². The van der Waals surface area contributed by atoms with Crippen molar-refractivity contribution in [2.75, 3.05) is 5.43 Å². The van der Waals surface area contributed by atoms with Gasteiger partial charge in [-0.05, 0) is 29.5 Å². The van der Waals surface area contributed by atoms with Gasteiger partial charge in [-0.2, -0.15) is 15.6 Å². The SMILES string of the molecule is N#C/C(=N\Nc1ccc(Cl)cc1)c1nn[nH]n1. The number of tetrazole rings is 1. The Labute approximate surface area is 101 Å². The Morgan fingerprint density at radius 3 is 2.76 bits per heavy atom. The predicted molar refractivity (Wildman–Crippen MR) is 61.4 cm³/mol. The predicted octanol–water partition coefficient (Wildman–Crippen LogP) is 1.19. The second kappa shape index (κ2) is 5.05. The molecule has 1 aromatic carbocycles. The van der Waals surface area contributed by atoms with Crippen molar-refractivity contribution < 1.29 is 0 Å². The van der Waals surface area contributed by atoms with E-state index < -0.39 is 0 Å². The Bertz CT molecular complexity index is 552. The summed E-state index contributed by atoms with van der Waals surface area (Å²) in [5, 5.41) is 26.2. The molecule has 84 valence electrons. The fourth-order valence-electron chi connectivity index (χ4n) is 1.03. The monoisotopic (exact) mass is 247 g/mol. The highest BCUT2D eigenvalue weighted by molar-refractivity contribution is 6.30. The van der Waals surface area contributed by atoms with Crippen LogP contribution in [0.2, 0.25) is 5.02 Å². The van der Waals surface area contributed by atoms with Crippen molar-refractivity contribution in [3.8, 4) is 6.07 Å². The van der Waals surface area contributed by atoms with Gasteiger partial charge in [0.05, 0.1) is 5.69 Å². The number of benzene rings is 1. The minimum atomic E-state index is 0.0358. The van der Waals surface area contributed by atoms with E-state index in [1.807, 2.05) is 6.07 Å². The van der Waals surface area contributed by atoms with Crippen LogP contribution in [0.25, 0.3) is 0 Å². The number of halogens is 1. The number of nitrogens with zero attached hydrogens (tertiary/aromatic N) is 5. The van der Waals surface area contributed by atoms with Crippen LogP contribution in [-0.2, 0) is 0 Å². The second-order valence-corrected chi connectivity index (χ2v) is 3.36. The number of hydrazone groups is 1. The Morgan fingerprint density at radius 2 is 2.18 bits per heavy atom. The first kappa shape index (κ1) is 11.0. The number of aromatic nitrogens is 4. The van der Waals surface area contributed by atoms with Crippen LogP contribution in [0.4, 0.5) is 5.69 Å². The van der Waals surface area contributed by atoms with E-state index in [-0.39, 0.29) is 11.5 Å². The van der Waals surface area contributed by atoms with Crippen LogP contribution in [0.15, 0.2) is 29.4 Å². The summed E-state index contributed by atoms with van der Waals surface area (Å²) < 4.78 is 0. The first-order chi connectivity index (χ1) is 8.29. The molecule has 0 unspecified atom stereocenters. The molecule has 0 saturated heterocycles. The fourth-order valence-corrected chi connectivity index (χ4v) is 1.16. The van der Waals surface area contributed by atoms with Crippen molar-refractivity contribution in [2.24, 2.45) is 5.10 Å². The maximum atomic E-state index is 8.86. The number of nitrogens with one attached hydrogen (secondary N) is 2. The number of aromatic amines is 1. The van der Waals surface area contributed by atoms with Gasteiger partial charge in [-0.25, -0.2) is 0 Å². The normalized spacial score (nSPS) is 10.9. The van der Waals surface area contributed by atoms with Gasteiger partial charge in [0, 0.05) is 5.02 Å². The average molecular weight is 248 g/mol. The van der Waals surface area contributed by atoms with Gasteiger partial charge >= 0.3 is 0 Å². The quantitative estimate of drug-likeness (QED) is 0.626. The van der Waals surface area contributed by atoms with Crippen LogP contribution in [0.3, 0.4) is 0 Å². The van der Waals surface area contributed by atoms with Crippen LogP contribution in [0, 0.1) is 11.3 Å². The third kappa shape index (κ3) is 2.76. The molecule has 0 atom stereocenters. The van der Waals surface area contributed by atoms with Gasteiger partial charge in [0.1, 0.15) is 6.07 Å². The van der Waals surface area contributed by atoms with E-state index in [4.69, 9.17) is 16.9 Å². The highest BCUT2D eigenvalue weighted by atomic mass is 35.5. The van der Waals surface area contributed by atoms with E-state index in [9.17, 15) is 0 Å². The molecule has 0 aliphatic rings. The molecule has 7 nitrogen and oxygen atoms in total. The lowest BCUT2D eigenvalue weighted by molar-refractivity contribution is 0.881. The maximum absolute atomic E-state index is 8.86. The van der Waals surface area contributed by atoms with E-state index in [0.29, 0.717) is 10.7 Å². The van der Waals surface area contributed by atoms with Crippen LogP contribution >= 0.6 is 11.6 Å². The van der Waals surface area contributed by atoms with Crippen LogP contribution in [-0.4, -0.2) is 26.3 Å². The number of H-pyrrole nitrogens is 1. The Morgan fingerprint density at radius 1 is 1.41 bits per heavy atom. The average Bonchev–Trinajstić information content (AvgIpc) is 2.86. The molecule has 2 aromatic rings. The molecule has 0 radical (unpaired) electrons. The summed E-state index contributed by atoms with van der Waals surface area (Å²) in [7, 11) is 0. The summed E-state index contributed by atoms with van der Waals surface area (Å²) in [5.41, 5.74) is 3.43. The molecule has 0 saturated carbocycles. The lowest BCUT2D eigenvalue weighted by atomic mass is 10.3. The lowest BCUT2D eigenvalue weighted by Gasteiger charge is -1.99. The molecule has 1 aromatic heterocycles. The van der Waals surface area contributed by atoms with Crippen molar-refractivity contribution in [3.63, 3.8) is 0 Å². The molecule has 0 fully saturated rings. The molecular weight excluding hydrogens is 242 g/mol. The zero-order valence-corrected chi connectivity index (χ0v) is 9.18. The first-order valence-corrected chi connectivity index (χ1v) is 4.90. The molecule has 8 heteroatoms. The van der Waals surface area contributed by atoms with E-state index in [1.165, 1.54) is 0 Å². The second-order valence-electron chi connectivity index (χ2n) is 2.93. The molecule has 2 N–H and O–H groups in total. The van der Waals surface area contributed by atoms with Gasteiger partial charge in [0.15, 0.2) is 0 Å². The smallest absolute Gasteiger partial charge is 0.235 e. The van der Waals surface area contributed by atoms with Crippen LogP contribution < -0.4 is 5.43 Å². The van der Waals surface area contributed by atoms with Gasteiger partial charge in [-0.15, -0.1) is 10.2 Å². The summed E-state index contributed by atoms with van der Waals surface area (Å²) in [6.07, 6.45) is 0. The lowest BCUT2D eigenvalue weighted by Crippen LogP contribution is -2.04. The van der Waals surface area contributed by atoms with Crippen LogP contribution in [0.5, 0.6) is 0 Å². The highest BCUT2D eigenvalue weighted by Crippen LogP contribution is 2.13. The largest absolute Gasteiger partial charge is 0.277 e. The summed E-state index contributed by atoms with van der Waals surface area (Å²) in [6.45, 7) is 0. The highest BCUT2D eigenvalue weighted by Gasteiger charge is 2.07. The minimum Gasteiger partial charge on any atom is -0.277 e. The van der Waals surface area contributed by atoms with Gasteiger partial charge < -0.3 is 0 Å². The standard InChI is InChI=1S/C9H6ClN7/c10-6-1-3-7(4-2-6)12-13-8(5-11)9-14-16-17-15-9/h1-4,12H,(H,14,15,16,17)/b13-8+. The zero-order chi connectivity index (χ0) is 12.1. The molecule has 0 aliphatic carbocycles. The van der Waals surface area contributed by atoms with Gasteiger partial charge in [-0.1, -0.05) is 11.6 Å². The molecule has 2 rings (SSSR count). The van der Waals surface area contributed by atoms with Gasteiger partial charge in [-0.3, -0.25) is 5.43 Å². The van der Waals surface area contributed by atoms with Crippen molar-refractivity contribution in [1.82, 2.24) is 20.6 Å².